The van der Waals surface area contributed by atoms with Gasteiger partial charge >= 0.3 is 0 Å². The van der Waals surface area contributed by atoms with E-state index in [1.165, 1.54) is 25.7 Å². The van der Waals surface area contributed by atoms with Crippen LogP contribution in [0.3, 0.4) is 0 Å². The van der Waals surface area contributed by atoms with Gasteiger partial charge in [0.15, 0.2) is 0 Å². The number of hydrogen-bond donors (Lipinski definition) is 1. The second kappa shape index (κ2) is 6.83. The molecule has 3 nitrogen and oxygen atoms in total. The maximum absolute atomic E-state index is 10.7. The van der Waals surface area contributed by atoms with Crippen LogP contribution in [0.4, 0.5) is 0 Å². The second-order valence-corrected chi connectivity index (χ2v) is 4.40. The normalized spacial score (nSPS) is 17.3. The standard InChI is InChI=1S/C12H24N2O/c1-3-14(12-7-4-5-8-12)10-6-9-13-11(2)15/h12H,3-10H2,1-2H3,(H,13,15). The minimum Gasteiger partial charge on any atom is -0.356 e. The smallest absolute Gasteiger partial charge is 0.216 e. The lowest BCUT2D eigenvalue weighted by Gasteiger charge is -2.27. The number of carbonyl (C=O) groups is 1. The summed E-state index contributed by atoms with van der Waals surface area (Å²) in [5, 5.41) is 2.85. The zero-order valence-electron chi connectivity index (χ0n) is 10.1. The maximum Gasteiger partial charge on any atom is 0.216 e. The van der Waals surface area contributed by atoms with E-state index in [0.717, 1.165) is 32.1 Å². The Morgan fingerprint density at radius 2 is 2.07 bits per heavy atom. The highest BCUT2D eigenvalue weighted by molar-refractivity contribution is 5.72. The summed E-state index contributed by atoms with van der Waals surface area (Å²) in [5.41, 5.74) is 0. The molecule has 0 saturated heterocycles. The fourth-order valence-electron chi connectivity index (χ4n) is 2.41. The number of hydrogen-bond acceptors (Lipinski definition) is 2. The molecule has 3 heteroatoms. The van der Waals surface area contributed by atoms with Crippen LogP contribution in [-0.4, -0.2) is 36.5 Å². The average molecular weight is 212 g/mol. The SMILES string of the molecule is CCN(CCCNC(C)=O)C1CCCC1. The highest BCUT2D eigenvalue weighted by Crippen LogP contribution is 2.23. The van der Waals surface area contributed by atoms with Crippen molar-refractivity contribution in [2.75, 3.05) is 19.6 Å². The summed E-state index contributed by atoms with van der Waals surface area (Å²) in [4.78, 5) is 13.3. The molecule has 1 N–H and O–H groups in total. The molecule has 88 valence electrons. The van der Waals surface area contributed by atoms with Crippen LogP contribution in [0, 0.1) is 0 Å². The Balaban J connectivity index is 2.13. The van der Waals surface area contributed by atoms with Crippen molar-refractivity contribution in [1.29, 1.82) is 0 Å². The molecule has 1 saturated carbocycles. The molecule has 0 aromatic carbocycles. The van der Waals surface area contributed by atoms with Crippen LogP contribution >= 0.6 is 0 Å². The predicted octanol–water partition coefficient (Wildman–Crippen LogP) is 1.78. The first-order valence-corrected chi connectivity index (χ1v) is 6.22. The van der Waals surface area contributed by atoms with Gasteiger partial charge in [0, 0.05) is 26.1 Å². The first kappa shape index (κ1) is 12.5. The van der Waals surface area contributed by atoms with E-state index in [-0.39, 0.29) is 5.91 Å². The third-order valence-corrected chi connectivity index (χ3v) is 3.24. The van der Waals surface area contributed by atoms with Crippen LogP contribution in [0.1, 0.15) is 46.0 Å². The van der Waals surface area contributed by atoms with Crippen LogP contribution in [0.15, 0.2) is 0 Å². The molecule has 1 aliphatic rings. The topological polar surface area (TPSA) is 32.3 Å². The van der Waals surface area contributed by atoms with Crippen LogP contribution in [0.5, 0.6) is 0 Å². The Hall–Kier alpha value is -0.570. The number of nitrogens with one attached hydrogen (secondary N) is 1. The minimum absolute atomic E-state index is 0.0823. The molecule has 1 aliphatic carbocycles. The molecular weight excluding hydrogens is 188 g/mol. The van der Waals surface area contributed by atoms with Gasteiger partial charge in [0.25, 0.3) is 0 Å². The zero-order valence-corrected chi connectivity index (χ0v) is 10.1. The van der Waals surface area contributed by atoms with Crippen molar-refractivity contribution in [2.45, 2.75) is 52.0 Å². The fraction of sp³-hybridized carbons (Fsp3) is 0.917. The molecule has 0 unspecified atom stereocenters. The van der Waals surface area contributed by atoms with E-state index in [9.17, 15) is 4.79 Å². The van der Waals surface area contributed by atoms with Crippen molar-refractivity contribution in [3.8, 4) is 0 Å². The highest BCUT2D eigenvalue weighted by Gasteiger charge is 2.20. The summed E-state index contributed by atoms with van der Waals surface area (Å²) in [6.45, 7) is 6.90. The molecule has 0 bridgehead atoms. The van der Waals surface area contributed by atoms with Gasteiger partial charge in [-0.05, 0) is 25.8 Å². The molecule has 0 radical (unpaired) electrons. The average Bonchev–Trinajstić information content (AvgIpc) is 2.70. The van der Waals surface area contributed by atoms with E-state index in [1.54, 1.807) is 6.92 Å². The Kier molecular flexibility index (Phi) is 5.69. The quantitative estimate of drug-likeness (QED) is 0.681. The van der Waals surface area contributed by atoms with Gasteiger partial charge in [-0.2, -0.15) is 0 Å². The lowest BCUT2D eigenvalue weighted by atomic mass is 10.2. The van der Waals surface area contributed by atoms with E-state index >= 15 is 0 Å². The van der Waals surface area contributed by atoms with Crippen molar-refractivity contribution in [3.63, 3.8) is 0 Å². The molecule has 1 rings (SSSR count). The minimum atomic E-state index is 0.0823. The van der Waals surface area contributed by atoms with E-state index < -0.39 is 0 Å². The third kappa shape index (κ3) is 4.65. The molecule has 0 aromatic heterocycles. The van der Waals surface area contributed by atoms with Crippen molar-refractivity contribution >= 4 is 5.91 Å². The van der Waals surface area contributed by atoms with Gasteiger partial charge in [-0.15, -0.1) is 0 Å². The van der Waals surface area contributed by atoms with Gasteiger partial charge in [-0.25, -0.2) is 0 Å². The van der Waals surface area contributed by atoms with Crippen LogP contribution in [0.2, 0.25) is 0 Å². The molecule has 1 amide bonds. The number of rotatable bonds is 6. The zero-order chi connectivity index (χ0) is 11.1. The molecule has 0 spiro atoms. The molecule has 0 heterocycles. The second-order valence-electron chi connectivity index (χ2n) is 4.40. The summed E-state index contributed by atoms with van der Waals surface area (Å²) in [6.07, 6.45) is 6.60. The van der Waals surface area contributed by atoms with E-state index in [2.05, 4.69) is 17.1 Å². The summed E-state index contributed by atoms with van der Waals surface area (Å²) in [7, 11) is 0. The summed E-state index contributed by atoms with van der Waals surface area (Å²) in [6, 6.07) is 0.812. The van der Waals surface area contributed by atoms with E-state index in [4.69, 9.17) is 0 Å². The van der Waals surface area contributed by atoms with Crippen molar-refractivity contribution in [3.05, 3.63) is 0 Å². The van der Waals surface area contributed by atoms with E-state index in [0.29, 0.717) is 0 Å². The molecule has 1 fully saturated rings. The molecule has 0 atom stereocenters. The Morgan fingerprint density at radius 1 is 1.40 bits per heavy atom. The Labute approximate surface area is 93.2 Å². The number of carbonyl (C=O) groups excluding carboxylic acids is 1. The van der Waals surface area contributed by atoms with Crippen LogP contribution in [-0.2, 0) is 4.79 Å². The summed E-state index contributed by atoms with van der Waals surface area (Å²) in [5.74, 6) is 0.0823. The van der Waals surface area contributed by atoms with Crippen molar-refractivity contribution in [1.82, 2.24) is 10.2 Å². The molecular formula is C12H24N2O. The third-order valence-electron chi connectivity index (χ3n) is 3.24. The fourth-order valence-corrected chi connectivity index (χ4v) is 2.41. The maximum atomic E-state index is 10.7. The lowest BCUT2D eigenvalue weighted by molar-refractivity contribution is -0.118. The summed E-state index contributed by atoms with van der Waals surface area (Å²) >= 11 is 0. The molecule has 0 aromatic rings. The molecule has 15 heavy (non-hydrogen) atoms. The van der Waals surface area contributed by atoms with Crippen molar-refractivity contribution < 1.29 is 4.79 Å². The largest absolute Gasteiger partial charge is 0.356 e. The van der Waals surface area contributed by atoms with E-state index in [1.807, 2.05) is 0 Å². The lowest BCUT2D eigenvalue weighted by Crippen LogP contribution is -2.35. The van der Waals surface area contributed by atoms with Gasteiger partial charge in [-0.1, -0.05) is 19.8 Å². The van der Waals surface area contributed by atoms with Gasteiger partial charge in [0.1, 0.15) is 0 Å². The predicted molar refractivity (Wildman–Crippen MR) is 62.8 cm³/mol. The highest BCUT2D eigenvalue weighted by atomic mass is 16.1. The first-order valence-electron chi connectivity index (χ1n) is 6.22. The van der Waals surface area contributed by atoms with Gasteiger partial charge in [-0.3, -0.25) is 4.79 Å². The van der Waals surface area contributed by atoms with Gasteiger partial charge < -0.3 is 10.2 Å². The molecule has 0 aliphatic heterocycles. The number of nitrogens with zero attached hydrogens (tertiary/aromatic N) is 1. The van der Waals surface area contributed by atoms with Crippen LogP contribution in [0.25, 0.3) is 0 Å². The Bertz CT molecular complexity index is 188. The first-order chi connectivity index (χ1) is 7.24. The number of amides is 1. The van der Waals surface area contributed by atoms with Crippen molar-refractivity contribution in [2.24, 2.45) is 0 Å². The summed E-state index contributed by atoms with van der Waals surface area (Å²) < 4.78 is 0. The van der Waals surface area contributed by atoms with Crippen LogP contribution < -0.4 is 5.32 Å². The van der Waals surface area contributed by atoms with Gasteiger partial charge in [0.05, 0.1) is 0 Å². The Morgan fingerprint density at radius 3 is 2.60 bits per heavy atom. The monoisotopic (exact) mass is 212 g/mol. The van der Waals surface area contributed by atoms with Gasteiger partial charge in [0.2, 0.25) is 5.91 Å².